The fourth-order valence-electron chi connectivity index (χ4n) is 3.05. The van der Waals surface area contributed by atoms with E-state index < -0.39 is 0 Å². The van der Waals surface area contributed by atoms with Crippen molar-refractivity contribution < 1.29 is 4.79 Å². The second kappa shape index (κ2) is 6.79. The summed E-state index contributed by atoms with van der Waals surface area (Å²) in [7, 11) is 1.88. The lowest BCUT2D eigenvalue weighted by atomic mass is 10.1. The van der Waals surface area contributed by atoms with E-state index in [1.165, 1.54) is 10.5 Å². The first kappa shape index (κ1) is 16.1. The number of likely N-dealkylation sites (tertiary alicyclic amines) is 1. The fraction of sp³-hybridized carbons (Fsp3) is 0.444. The molecule has 3 rings (SSSR count). The fourth-order valence-corrected chi connectivity index (χ4v) is 4.26. The number of hydrogen-bond acceptors (Lipinski definition) is 3. The van der Waals surface area contributed by atoms with Gasteiger partial charge >= 0.3 is 0 Å². The Balaban J connectivity index is 1.60. The molecule has 0 atom stereocenters. The van der Waals surface area contributed by atoms with Crippen LogP contribution in [0.2, 0.25) is 0 Å². The van der Waals surface area contributed by atoms with Gasteiger partial charge in [-0.05, 0) is 38.3 Å². The van der Waals surface area contributed by atoms with Crippen LogP contribution in [0.3, 0.4) is 0 Å². The summed E-state index contributed by atoms with van der Waals surface area (Å²) in [5, 5.41) is 0.591. The number of piperidine rings is 1. The van der Waals surface area contributed by atoms with Crippen LogP contribution in [0.1, 0.15) is 34.6 Å². The van der Waals surface area contributed by atoms with Gasteiger partial charge in [0.1, 0.15) is 5.69 Å². The average Bonchev–Trinajstić information content (AvgIpc) is 2.88. The molecule has 122 valence electrons. The van der Waals surface area contributed by atoms with Crippen LogP contribution in [0.5, 0.6) is 0 Å². The zero-order valence-electron chi connectivity index (χ0n) is 14.0. The molecule has 0 spiro atoms. The predicted molar refractivity (Wildman–Crippen MR) is 93.9 cm³/mol. The quantitative estimate of drug-likeness (QED) is 0.866. The van der Waals surface area contributed by atoms with E-state index in [0.29, 0.717) is 5.25 Å². The van der Waals surface area contributed by atoms with Crippen LogP contribution in [-0.4, -0.2) is 38.7 Å². The van der Waals surface area contributed by atoms with Gasteiger partial charge in [-0.3, -0.25) is 4.79 Å². The molecule has 0 unspecified atom stereocenters. The summed E-state index contributed by atoms with van der Waals surface area (Å²) in [6, 6.07) is 8.53. The zero-order valence-corrected chi connectivity index (χ0v) is 14.8. The van der Waals surface area contributed by atoms with Crippen molar-refractivity contribution >= 4 is 17.7 Å². The van der Waals surface area contributed by atoms with E-state index in [1.54, 1.807) is 6.33 Å². The van der Waals surface area contributed by atoms with Crippen molar-refractivity contribution in [2.45, 2.75) is 36.8 Å². The van der Waals surface area contributed by atoms with Crippen molar-refractivity contribution in [1.29, 1.82) is 0 Å². The molecule has 0 radical (unpaired) electrons. The number of imidazole rings is 1. The Kier molecular flexibility index (Phi) is 4.76. The third-order valence-corrected chi connectivity index (χ3v) is 5.96. The minimum Gasteiger partial charge on any atom is -0.337 e. The molecule has 0 saturated carbocycles. The molecule has 1 fully saturated rings. The lowest BCUT2D eigenvalue weighted by molar-refractivity contribution is 0.0717. The van der Waals surface area contributed by atoms with Crippen molar-refractivity contribution in [2.75, 3.05) is 13.1 Å². The van der Waals surface area contributed by atoms with Gasteiger partial charge in [0.05, 0.1) is 12.0 Å². The number of hydrogen-bond donors (Lipinski definition) is 0. The van der Waals surface area contributed by atoms with Gasteiger partial charge < -0.3 is 9.47 Å². The molecule has 2 aromatic rings. The molecule has 1 amide bonds. The first-order valence-electron chi connectivity index (χ1n) is 8.05. The first-order chi connectivity index (χ1) is 11.1. The molecule has 2 heterocycles. The maximum atomic E-state index is 12.7. The molecule has 23 heavy (non-hydrogen) atoms. The third kappa shape index (κ3) is 3.44. The van der Waals surface area contributed by atoms with Crippen molar-refractivity contribution in [3.05, 3.63) is 47.5 Å². The zero-order chi connectivity index (χ0) is 16.4. The highest BCUT2D eigenvalue weighted by atomic mass is 32.2. The second-order valence-electron chi connectivity index (χ2n) is 6.16. The minimum atomic E-state index is 0.113. The summed E-state index contributed by atoms with van der Waals surface area (Å²) in [5.74, 6) is 0.113. The second-order valence-corrected chi connectivity index (χ2v) is 7.51. The molecule has 4 nitrogen and oxygen atoms in total. The lowest BCUT2D eigenvalue weighted by Crippen LogP contribution is -2.40. The van der Waals surface area contributed by atoms with E-state index in [-0.39, 0.29) is 5.91 Å². The van der Waals surface area contributed by atoms with Gasteiger partial charge in [-0.2, -0.15) is 0 Å². The first-order valence-corrected chi connectivity index (χ1v) is 8.93. The molecule has 1 aliphatic heterocycles. The molecule has 1 aromatic carbocycles. The molecule has 1 aliphatic rings. The Morgan fingerprint density at radius 1 is 1.22 bits per heavy atom. The molecule has 0 bridgehead atoms. The Morgan fingerprint density at radius 2 is 1.91 bits per heavy atom. The normalized spacial score (nSPS) is 15.9. The van der Waals surface area contributed by atoms with E-state index in [9.17, 15) is 4.79 Å². The summed E-state index contributed by atoms with van der Waals surface area (Å²) in [5.41, 5.74) is 2.87. The average molecular weight is 329 g/mol. The van der Waals surface area contributed by atoms with Gasteiger partial charge in [0, 0.05) is 30.3 Å². The van der Waals surface area contributed by atoms with Crippen molar-refractivity contribution in [1.82, 2.24) is 14.5 Å². The van der Waals surface area contributed by atoms with Gasteiger partial charge in [-0.1, -0.05) is 18.2 Å². The number of carbonyl (C=O) groups excluding carboxylic acids is 1. The van der Waals surface area contributed by atoms with Crippen LogP contribution in [0.25, 0.3) is 0 Å². The molecule has 5 heteroatoms. The number of aryl methyl sites for hydroxylation is 3. The van der Waals surface area contributed by atoms with Crippen LogP contribution >= 0.6 is 11.8 Å². The molecular formula is C18H23N3OS. The van der Waals surface area contributed by atoms with Gasteiger partial charge in [0.15, 0.2) is 0 Å². The van der Waals surface area contributed by atoms with E-state index >= 15 is 0 Å². The van der Waals surface area contributed by atoms with Crippen LogP contribution in [0.15, 0.2) is 35.5 Å². The van der Waals surface area contributed by atoms with Crippen molar-refractivity contribution in [3.63, 3.8) is 0 Å². The highest BCUT2D eigenvalue weighted by Crippen LogP contribution is 2.32. The molecule has 1 saturated heterocycles. The summed E-state index contributed by atoms with van der Waals surface area (Å²) >= 11 is 1.95. The number of aromatic nitrogens is 2. The summed E-state index contributed by atoms with van der Waals surface area (Å²) in [4.78, 5) is 20.2. The summed E-state index contributed by atoms with van der Waals surface area (Å²) < 4.78 is 1.83. The van der Waals surface area contributed by atoms with E-state index in [1.807, 2.05) is 35.2 Å². The third-order valence-electron chi connectivity index (χ3n) is 4.44. The van der Waals surface area contributed by atoms with Gasteiger partial charge in [0.25, 0.3) is 5.91 Å². The Hall–Kier alpha value is -1.75. The molecule has 0 aliphatic carbocycles. The van der Waals surface area contributed by atoms with Gasteiger partial charge in [-0.15, -0.1) is 11.8 Å². The highest BCUT2D eigenvalue weighted by molar-refractivity contribution is 8.00. The maximum absolute atomic E-state index is 12.7. The largest absolute Gasteiger partial charge is 0.337 e. The van der Waals surface area contributed by atoms with E-state index in [0.717, 1.165) is 37.3 Å². The molecule has 1 aromatic heterocycles. The summed E-state index contributed by atoms with van der Waals surface area (Å²) in [6.45, 7) is 5.71. The number of rotatable bonds is 3. The number of carbonyl (C=O) groups is 1. The Morgan fingerprint density at radius 3 is 2.52 bits per heavy atom. The Bertz CT molecular complexity index is 683. The van der Waals surface area contributed by atoms with E-state index in [2.05, 4.69) is 36.2 Å². The highest BCUT2D eigenvalue weighted by Gasteiger charge is 2.27. The predicted octanol–water partition coefficient (Wildman–Crippen LogP) is 3.43. The molecule has 0 N–H and O–H groups in total. The SMILES string of the molecule is Cc1ccccc1SC1CCN(C(=O)c2c(C)ncn2C)CC1. The van der Waals surface area contributed by atoms with Crippen LogP contribution in [0.4, 0.5) is 0 Å². The minimum absolute atomic E-state index is 0.113. The number of thioether (sulfide) groups is 1. The molecular weight excluding hydrogens is 306 g/mol. The van der Waals surface area contributed by atoms with Gasteiger partial charge in [0.2, 0.25) is 0 Å². The van der Waals surface area contributed by atoms with E-state index in [4.69, 9.17) is 0 Å². The standard InChI is InChI=1S/C18H23N3OS/c1-13-6-4-5-7-16(13)23-15-8-10-21(11-9-15)18(22)17-14(2)19-12-20(17)3/h4-7,12,15H,8-11H2,1-3H3. The lowest BCUT2D eigenvalue weighted by Gasteiger charge is -2.32. The Labute approximate surface area is 141 Å². The maximum Gasteiger partial charge on any atom is 0.272 e. The topological polar surface area (TPSA) is 38.1 Å². The van der Waals surface area contributed by atoms with Gasteiger partial charge in [-0.25, -0.2) is 4.98 Å². The summed E-state index contributed by atoms with van der Waals surface area (Å²) in [6.07, 6.45) is 3.80. The number of nitrogens with zero attached hydrogens (tertiary/aromatic N) is 3. The number of benzene rings is 1. The number of amides is 1. The monoisotopic (exact) mass is 329 g/mol. The van der Waals surface area contributed by atoms with Crippen molar-refractivity contribution in [2.24, 2.45) is 7.05 Å². The smallest absolute Gasteiger partial charge is 0.272 e. The van der Waals surface area contributed by atoms with Crippen LogP contribution in [0, 0.1) is 13.8 Å². The van der Waals surface area contributed by atoms with Crippen molar-refractivity contribution in [3.8, 4) is 0 Å². The van der Waals surface area contributed by atoms with Crippen LogP contribution in [-0.2, 0) is 7.05 Å². The van der Waals surface area contributed by atoms with Crippen LogP contribution < -0.4 is 0 Å².